The van der Waals surface area contributed by atoms with Crippen molar-refractivity contribution in [2.75, 3.05) is 33.2 Å². The summed E-state index contributed by atoms with van der Waals surface area (Å²) >= 11 is 0. The second kappa shape index (κ2) is 8.58. The van der Waals surface area contributed by atoms with E-state index in [4.69, 9.17) is 0 Å². The summed E-state index contributed by atoms with van der Waals surface area (Å²) in [4.78, 5) is 14.2. The van der Waals surface area contributed by atoms with Crippen LogP contribution in [0.1, 0.15) is 28.8 Å². The third-order valence-corrected chi connectivity index (χ3v) is 4.65. The number of nitrogens with one attached hydrogen (secondary N) is 2. The number of hydrogen-bond acceptors (Lipinski definition) is 3. The lowest BCUT2D eigenvalue weighted by Crippen LogP contribution is -2.38. The van der Waals surface area contributed by atoms with Crippen molar-refractivity contribution >= 4 is 18.7 Å². The molecule has 1 aromatic rings. The summed E-state index contributed by atoms with van der Waals surface area (Å²) in [5, 5.41) is 6.78. The van der Waals surface area contributed by atoms with E-state index < -0.39 is 18.6 Å². The molecule has 2 N–H and O–H groups in total. The van der Waals surface area contributed by atoms with Crippen LogP contribution in [0.15, 0.2) is 12.1 Å². The van der Waals surface area contributed by atoms with Gasteiger partial charge >= 0.3 is 6.18 Å². The van der Waals surface area contributed by atoms with Crippen molar-refractivity contribution in [2.45, 2.75) is 25.9 Å². The summed E-state index contributed by atoms with van der Waals surface area (Å²) in [6, 6.07) is 3.19. The fourth-order valence-corrected chi connectivity index (χ4v) is 3.23. The number of nitrogens with zero attached hydrogens (tertiary/aromatic N) is 1. The molecule has 26 heavy (non-hydrogen) atoms. The fourth-order valence-electron chi connectivity index (χ4n) is 3.23. The summed E-state index contributed by atoms with van der Waals surface area (Å²) in [5.74, 6) is -0.125. The molecule has 1 aliphatic rings. The second-order valence-electron chi connectivity index (χ2n) is 6.87. The normalized spacial score (nSPS) is 16.6. The van der Waals surface area contributed by atoms with Gasteiger partial charge in [0.2, 0.25) is 0 Å². The van der Waals surface area contributed by atoms with Crippen molar-refractivity contribution in [3.8, 4) is 0 Å². The highest BCUT2D eigenvalue weighted by atomic mass is 19.4. The van der Waals surface area contributed by atoms with E-state index in [1.54, 1.807) is 13.0 Å². The highest BCUT2D eigenvalue weighted by molar-refractivity contribution is 5.95. The molecule has 0 unspecified atom stereocenters. The van der Waals surface area contributed by atoms with E-state index in [1.807, 2.05) is 18.6 Å². The number of benzene rings is 1. The predicted octanol–water partition coefficient (Wildman–Crippen LogP) is 1.37. The first-order chi connectivity index (χ1) is 12.2. The Hall–Kier alpha value is -2.02. The van der Waals surface area contributed by atoms with Crippen molar-refractivity contribution in [3.63, 3.8) is 0 Å². The van der Waals surface area contributed by atoms with E-state index >= 15 is 0 Å². The van der Waals surface area contributed by atoms with Gasteiger partial charge < -0.3 is 15.5 Å². The van der Waals surface area contributed by atoms with E-state index in [0.717, 1.165) is 42.9 Å². The molecule has 1 heterocycles. The number of carbonyl (C=O) groups is 1. The molecule has 0 spiro atoms. The first-order valence-electron chi connectivity index (χ1n) is 8.73. The molecule has 1 fully saturated rings. The lowest BCUT2D eigenvalue weighted by molar-refractivity contribution is -0.123. The van der Waals surface area contributed by atoms with Crippen LogP contribution in [0.25, 0.3) is 12.8 Å². The molecule has 7 heteroatoms. The Morgan fingerprint density at radius 2 is 2.04 bits per heavy atom. The second-order valence-corrected chi connectivity index (χ2v) is 6.87. The van der Waals surface area contributed by atoms with Crippen molar-refractivity contribution in [1.29, 1.82) is 0 Å². The van der Waals surface area contributed by atoms with Gasteiger partial charge in [0.15, 0.2) is 0 Å². The van der Waals surface area contributed by atoms with E-state index in [-0.39, 0.29) is 5.56 Å². The Morgan fingerprint density at radius 1 is 1.38 bits per heavy atom. The molecule has 0 atom stereocenters. The quantitative estimate of drug-likeness (QED) is 0.824. The molecule has 0 aliphatic carbocycles. The van der Waals surface area contributed by atoms with E-state index in [9.17, 15) is 18.0 Å². The number of hydrogen-bond donors (Lipinski definition) is 2. The monoisotopic (exact) mass is 369 g/mol. The Balaban J connectivity index is 2.19. The van der Waals surface area contributed by atoms with Gasteiger partial charge in [0.25, 0.3) is 5.91 Å². The van der Waals surface area contributed by atoms with Crippen LogP contribution >= 0.6 is 0 Å². The van der Waals surface area contributed by atoms with Gasteiger partial charge in [-0.3, -0.25) is 4.79 Å². The summed E-state index contributed by atoms with van der Waals surface area (Å²) in [5.41, 5.74) is 0.873. The van der Waals surface area contributed by atoms with Crippen LogP contribution in [0.3, 0.4) is 0 Å². The van der Waals surface area contributed by atoms with Gasteiger partial charge in [-0.15, -0.1) is 0 Å². The number of alkyl halides is 3. The molecule has 1 amide bonds. The molecule has 1 saturated heterocycles. The first kappa shape index (κ1) is 20.3. The van der Waals surface area contributed by atoms with Crippen LogP contribution < -0.4 is 21.1 Å². The van der Waals surface area contributed by atoms with Gasteiger partial charge in [0.1, 0.15) is 6.54 Å². The number of halogens is 3. The van der Waals surface area contributed by atoms with Crippen LogP contribution in [0.2, 0.25) is 0 Å². The summed E-state index contributed by atoms with van der Waals surface area (Å²) in [6.45, 7) is 7.32. The molecule has 4 nitrogen and oxygen atoms in total. The minimum absolute atomic E-state index is 0.239. The lowest BCUT2D eigenvalue weighted by atomic mass is 9.97. The highest BCUT2D eigenvalue weighted by Gasteiger charge is 2.28. The van der Waals surface area contributed by atoms with Gasteiger partial charge in [-0.1, -0.05) is 12.6 Å². The largest absolute Gasteiger partial charge is 0.405 e. The molecule has 0 aromatic heterocycles. The zero-order chi connectivity index (χ0) is 19.3. The van der Waals surface area contributed by atoms with Crippen molar-refractivity contribution in [2.24, 2.45) is 5.92 Å². The number of rotatable bonds is 5. The molecule has 0 radical (unpaired) electrons. The number of carbonyl (C=O) groups excluding carboxylic acids is 1. The summed E-state index contributed by atoms with van der Waals surface area (Å²) in [6.07, 6.45) is -0.261. The Morgan fingerprint density at radius 3 is 2.65 bits per heavy atom. The maximum atomic E-state index is 12.3. The van der Waals surface area contributed by atoms with Crippen molar-refractivity contribution in [1.82, 2.24) is 15.5 Å². The minimum atomic E-state index is -4.43. The van der Waals surface area contributed by atoms with E-state index in [2.05, 4.69) is 16.8 Å². The fraction of sp³-hybridized carbons (Fsp3) is 0.526. The number of amides is 1. The van der Waals surface area contributed by atoms with E-state index in [1.165, 1.54) is 6.07 Å². The average Bonchev–Trinajstić information content (AvgIpc) is 2.57. The van der Waals surface area contributed by atoms with Crippen LogP contribution in [0.4, 0.5) is 13.2 Å². The van der Waals surface area contributed by atoms with Crippen LogP contribution in [0, 0.1) is 12.8 Å². The van der Waals surface area contributed by atoms with Crippen LogP contribution in [0.5, 0.6) is 0 Å². The molecular weight excluding hydrogens is 343 g/mol. The lowest BCUT2D eigenvalue weighted by Gasteiger charge is -2.27. The molecule has 1 aromatic carbocycles. The van der Waals surface area contributed by atoms with Crippen LogP contribution in [-0.2, 0) is 0 Å². The minimum Gasteiger partial charge on any atom is -0.380 e. The summed E-state index contributed by atoms with van der Waals surface area (Å²) in [7, 11) is 1.97. The number of piperidine rings is 1. The standard InChI is InChI=1S/C19H26F3N3O/c1-13-4-5-16(18(26)24-12-19(20,21)22)14(2)17(13)11-25(3)10-15-6-8-23-9-7-15/h4-5,11,15,23H,1,6-10,12H2,2-3H3,(H,24,26)/b17-11+. The molecule has 0 saturated carbocycles. The van der Waals surface area contributed by atoms with Gasteiger partial charge in [-0.2, -0.15) is 13.2 Å². The van der Waals surface area contributed by atoms with Crippen molar-refractivity contribution in [3.05, 3.63) is 33.7 Å². The van der Waals surface area contributed by atoms with Crippen molar-refractivity contribution < 1.29 is 18.0 Å². The predicted molar refractivity (Wildman–Crippen MR) is 97.0 cm³/mol. The zero-order valence-corrected chi connectivity index (χ0v) is 15.2. The van der Waals surface area contributed by atoms with Gasteiger partial charge in [-0.05, 0) is 55.6 Å². The summed E-state index contributed by atoms with van der Waals surface area (Å²) < 4.78 is 37.0. The Kier molecular flexibility index (Phi) is 6.69. The van der Waals surface area contributed by atoms with Gasteiger partial charge in [-0.25, -0.2) is 0 Å². The van der Waals surface area contributed by atoms with Gasteiger partial charge in [0, 0.05) is 30.6 Å². The smallest absolute Gasteiger partial charge is 0.380 e. The first-order valence-corrected chi connectivity index (χ1v) is 8.73. The Bertz CT molecular complexity index is 740. The average molecular weight is 369 g/mol. The third kappa shape index (κ3) is 5.76. The zero-order valence-electron chi connectivity index (χ0n) is 15.2. The maximum Gasteiger partial charge on any atom is 0.405 e. The van der Waals surface area contributed by atoms with E-state index in [0.29, 0.717) is 11.5 Å². The van der Waals surface area contributed by atoms with Gasteiger partial charge in [0.05, 0.1) is 0 Å². The third-order valence-electron chi connectivity index (χ3n) is 4.65. The maximum absolute atomic E-state index is 12.3. The molecule has 2 rings (SSSR count). The molecule has 1 aliphatic heterocycles. The van der Waals surface area contributed by atoms with Crippen LogP contribution in [-0.4, -0.2) is 50.2 Å². The highest BCUT2D eigenvalue weighted by Crippen LogP contribution is 2.14. The molecular formula is C19H26F3N3O. The molecule has 144 valence electrons. The Labute approximate surface area is 151 Å². The topological polar surface area (TPSA) is 44.4 Å². The molecule has 0 bridgehead atoms. The SMILES string of the molecule is C=c1ccc(C(=O)NCC(F)(F)F)c(C)/c1=C/N(C)CC1CCNCC1.